The summed E-state index contributed by atoms with van der Waals surface area (Å²) >= 11 is 2.32. The number of rotatable bonds is 7. The predicted molar refractivity (Wildman–Crippen MR) is 147 cm³/mol. The molecule has 174 valence electrons. The maximum Gasteiger partial charge on any atom is 0.228 e. The smallest absolute Gasteiger partial charge is 0.228 e. The third-order valence-corrected chi connectivity index (χ3v) is 10.2. The molecule has 0 spiro atoms. The lowest BCUT2D eigenvalue weighted by Gasteiger charge is -2.27. The molecule has 1 amide bonds. The number of amides is 1. The second kappa shape index (κ2) is 8.94. The molecule has 1 aromatic carbocycles. The van der Waals surface area contributed by atoms with Gasteiger partial charge >= 0.3 is 0 Å². The highest BCUT2D eigenvalue weighted by atomic mass is 127. The molecule has 2 N–H and O–H groups in total. The lowest BCUT2D eigenvalue weighted by molar-refractivity contribution is -0.117. The first kappa shape index (κ1) is 23.3. The van der Waals surface area contributed by atoms with E-state index in [1.807, 2.05) is 32.4 Å². The number of carbonyl (C=O) groups excluding carboxylic acids is 1. The van der Waals surface area contributed by atoms with Crippen LogP contribution < -0.4 is 15.9 Å². The molecule has 1 unspecified atom stereocenters. The van der Waals surface area contributed by atoms with E-state index in [4.69, 9.17) is 9.97 Å². The molecule has 5 rings (SSSR count). The maximum absolute atomic E-state index is 13.2. The van der Waals surface area contributed by atoms with Gasteiger partial charge in [-0.05, 0) is 91.6 Å². The van der Waals surface area contributed by atoms with Crippen molar-refractivity contribution in [1.29, 1.82) is 0 Å². The Morgan fingerprint density at radius 1 is 1.15 bits per heavy atom. The standard InChI is InChI=1S/C23H28IN5O2P2/c1-13-25-21-18(12-20(27-22(21)29(13)32-24)28-23(30)15-7-8-15)26-17-10-9-16(14-5-4-6-14)11-19(17)33(2,3)31/h9-12,14-15,32H,4-8H2,1-3H3,(H2,26,27,28,30). The molecule has 2 aliphatic carbocycles. The van der Waals surface area contributed by atoms with Gasteiger partial charge in [0.05, 0.1) is 12.1 Å². The zero-order chi connectivity index (χ0) is 23.3. The molecule has 7 nitrogen and oxygen atoms in total. The van der Waals surface area contributed by atoms with Crippen LogP contribution in [0.4, 0.5) is 17.2 Å². The van der Waals surface area contributed by atoms with Crippen molar-refractivity contribution in [1.82, 2.24) is 14.3 Å². The van der Waals surface area contributed by atoms with Crippen molar-refractivity contribution in [2.24, 2.45) is 5.92 Å². The van der Waals surface area contributed by atoms with Crippen molar-refractivity contribution in [3.05, 3.63) is 35.7 Å². The lowest BCUT2D eigenvalue weighted by atomic mass is 9.80. The number of carbonyl (C=O) groups is 1. The Hall–Kier alpha value is -1.50. The van der Waals surface area contributed by atoms with E-state index in [2.05, 4.69) is 49.1 Å². The molecular weight excluding hydrogens is 567 g/mol. The molecule has 1 atom stereocenters. The Labute approximate surface area is 208 Å². The molecule has 33 heavy (non-hydrogen) atoms. The third-order valence-electron chi connectivity index (χ3n) is 6.52. The fraction of sp³-hybridized carbons (Fsp3) is 0.435. The number of imidazole rings is 1. The Morgan fingerprint density at radius 2 is 1.91 bits per heavy atom. The number of halogens is 1. The van der Waals surface area contributed by atoms with Gasteiger partial charge in [0.1, 0.15) is 24.3 Å². The number of nitrogens with one attached hydrogen (secondary N) is 2. The molecule has 0 saturated heterocycles. The van der Waals surface area contributed by atoms with Crippen LogP contribution >= 0.6 is 35.6 Å². The summed E-state index contributed by atoms with van der Waals surface area (Å²) in [5.74, 6) is 2.07. The van der Waals surface area contributed by atoms with Gasteiger partial charge in [-0.1, -0.05) is 12.5 Å². The fourth-order valence-electron chi connectivity index (χ4n) is 4.23. The topological polar surface area (TPSA) is 88.9 Å². The van der Waals surface area contributed by atoms with Crippen molar-refractivity contribution in [2.75, 3.05) is 24.0 Å². The van der Waals surface area contributed by atoms with Gasteiger partial charge in [0.25, 0.3) is 0 Å². The van der Waals surface area contributed by atoms with Crippen molar-refractivity contribution in [3.8, 4) is 0 Å². The first-order chi connectivity index (χ1) is 15.7. The summed E-state index contributed by atoms with van der Waals surface area (Å²) in [6, 6.07) is 8.16. The molecule has 0 aliphatic heterocycles. The minimum absolute atomic E-state index is 0.0182. The van der Waals surface area contributed by atoms with E-state index in [-0.39, 0.29) is 11.8 Å². The number of aryl methyl sites for hydroxylation is 1. The first-order valence-electron chi connectivity index (χ1n) is 11.3. The van der Waals surface area contributed by atoms with Crippen molar-refractivity contribution in [3.63, 3.8) is 0 Å². The largest absolute Gasteiger partial charge is 0.353 e. The van der Waals surface area contributed by atoms with E-state index in [1.54, 1.807) is 0 Å². The second-order valence-corrected chi connectivity index (χ2v) is 14.7. The van der Waals surface area contributed by atoms with Crippen LogP contribution in [0.15, 0.2) is 24.3 Å². The number of fused-ring (bicyclic) bond motifs is 1. The van der Waals surface area contributed by atoms with Gasteiger partial charge in [0.15, 0.2) is 5.65 Å². The molecule has 2 fully saturated rings. The van der Waals surface area contributed by atoms with Crippen LogP contribution in [0.2, 0.25) is 0 Å². The molecule has 10 heteroatoms. The second-order valence-electron chi connectivity index (χ2n) is 9.45. The number of aromatic nitrogens is 3. The summed E-state index contributed by atoms with van der Waals surface area (Å²) in [6.07, 6.45) is 5.97. The molecule has 0 bridgehead atoms. The van der Waals surface area contributed by atoms with E-state index >= 15 is 0 Å². The first-order valence-corrected chi connectivity index (χ1v) is 17.9. The Bertz CT molecular complexity index is 1290. The van der Waals surface area contributed by atoms with Crippen molar-refractivity contribution < 1.29 is 9.36 Å². The van der Waals surface area contributed by atoms with Crippen LogP contribution in [0.25, 0.3) is 11.2 Å². The summed E-state index contributed by atoms with van der Waals surface area (Å²) in [5.41, 5.74) is 4.34. The third kappa shape index (κ3) is 4.71. The predicted octanol–water partition coefficient (Wildman–Crippen LogP) is 6.14. The number of hydrogen-bond donors (Lipinski definition) is 2. The zero-order valence-electron chi connectivity index (χ0n) is 19.0. The average Bonchev–Trinajstić information content (AvgIpc) is 3.50. The minimum atomic E-state index is -2.53. The van der Waals surface area contributed by atoms with Gasteiger partial charge in [-0.25, -0.2) is 9.97 Å². The zero-order valence-corrected chi connectivity index (χ0v) is 23.0. The molecule has 3 aromatic rings. The highest BCUT2D eigenvalue weighted by Crippen LogP contribution is 2.43. The number of pyridine rings is 1. The molecule has 2 aliphatic rings. The average molecular weight is 595 g/mol. The number of anilines is 3. The van der Waals surface area contributed by atoms with E-state index < -0.39 is 7.14 Å². The fourth-order valence-corrected chi connectivity index (χ4v) is 7.54. The minimum Gasteiger partial charge on any atom is -0.353 e. The highest BCUT2D eigenvalue weighted by molar-refractivity contribution is 14.2. The molecule has 0 radical (unpaired) electrons. The van der Waals surface area contributed by atoms with E-state index in [1.165, 1.54) is 24.8 Å². The van der Waals surface area contributed by atoms with Crippen LogP contribution in [-0.4, -0.2) is 33.5 Å². The van der Waals surface area contributed by atoms with Crippen molar-refractivity contribution in [2.45, 2.75) is 44.9 Å². The van der Waals surface area contributed by atoms with Gasteiger partial charge in [0, 0.05) is 23.0 Å². The van der Waals surface area contributed by atoms with Crippen LogP contribution in [-0.2, 0) is 9.36 Å². The normalized spacial score (nSPS) is 17.0. The maximum atomic E-state index is 13.2. The summed E-state index contributed by atoms with van der Waals surface area (Å²) in [7, 11) is -2.53. The molecular formula is C23H28IN5O2P2. The van der Waals surface area contributed by atoms with Crippen LogP contribution in [0.1, 0.15) is 49.4 Å². The van der Waals surface area contributed by atoms with E-state index in [0.29, 0.717) is 18.1 Å². The Balaban J connectivity index is 1.59. The Kier molecular flexibility index (Phi) is 6.30. The van der Waals surface area contributed by atoms with Crippen LogP contribution in [0.5, 0.6) is 0 Å². The van der Waals surface area contributed by atoms with E-state index in [9.17, 15) is 9.36 Å². The van der Waals surface area contributed by atoms with Gasteiger partial charge < -0.3 is 15.2 Å². The molecule has 2 aromatic heterocycles. The van der Waals surface area contributed by atoms with Gasteiger partial charge in [-0.15, -0.1) is 0 Å². The summed E-state index contributed by atoms with van der Waals surface area (Å²) < 4.78 is 15.3. The number of nitrogens with zero attached hydrogens (tertiary/aromatic N) is 3. The summed E-state index contributed by atoms with van der Waals surface area (Å²) in [4.78, 5) is 21.9. The lowest BCUT2D eigenvalue weighted by Crippen LogP contribution is -2.16. The van der Waals surface area contributed by atoms with E-state index in [0.717, 1.165) is 46.5 Å². The van der Waals surface area contributed by atoms with Crippen LogP contribution in [0, 0.1) is 12.8 Å². The quantitative estimate of drug-likeness (QED) is 0.253. The van der Waals surface area contributed by atoms with Gasteiger partial charge in [-0.2, -0.15) is 0 Å². The summed E-state index contributed by atoms with van der Waals surface area (Å²) in [6.45, 7) is 5.60. The summed E-state index contributed by atoms with van der Waals surface area (Å²) in [5, 5.41) is 7.34. The highest BCUT2D eigenvalue weighted by Gasteiger charge is 2.30. The molecule has 2 heterocycles. The van der Waals surface area contributed by atoms with Crippen LogP contribution in [0.3, 0.4) is 0 Å². The number of hydrogen-bond acceptors (Lipinski definition) is 5. The number of benzene rings is 1. The van der Waals surface area contributed by atoms with Gasteiger partial charge in [0.2, 0.25) is 5.91 Å². The van der Waals surface area contributed by atoms with Crippen molar-refractivity contribution >= 4 is 75.1 Å². The Morgan fingerprint density at radius 3 is 2.52 bits per heavy atom. The SMILES string of the molecule is Cc1nc2c(Nc3ccc(C4CCC4)cc3P(C)(C)=O)cc(NC(=O)C3CC3)nc2n1PI. The van der Waals surface area contributed by atoms with Gasteiger partial charge in [-0.3, -0.25) is 9.13 Å². The molecule has 2 saturated carbocycles. The monoisotopic (exact) mass is 595 g/mol.